The van der Waals surface area contributed by atoms with Crippen molar-refractivity contribution >= 4 is 28.4 Å². The number of amides is 1. The van der Waals surface area contributed by atoms with E-state index in [-0.39, 0.29) is 5.57 Å². The number of nitrogens with zero attached hydrogens (tertiary/aromatic N) is 1. The molecule has 0 atom stereocenters. The second-order valence-electron chi connectivity index (χ2n) is 7.92. The fourth-order valence-corrected chi connectivity index (χ4v) is 3.61. The molecule has 0 saturated heterocycles. The number of nitrogens with one attached hydrogen (secondary N) is 1. The van der Waals surface area contributed by atoms with E-state index in [4.69, 9.17) is 4.74 Å². The largest absolute Gasteiger partial charge is 0.489 e. The Labute approximate surface area is 193 Å². The van der Waals surface area contributed by atoms with Gasteiger partial charge < -0.3 is 10.1 Å². The molecule has 0 bridgehead atoms. The highest BCUT2D eigenvalue weighted by Crippen LogP contribution is 2.22. The maximum atomic E-state index is 12.6. The molecule has 0 saturated carbocycles. The summed E-state index contributed by atoms with van der Waals surface area (Å²) in [7, 11) is 0. The number of fused-ring (bicyclic) bond motifs is 1. The quantitative estimate of drug-likeness (QED) is 0.276. The van der Waals surface area contributed by atoms with Crippen molar-refractivity contribution in [2.24, 2.45) is 0 Å². The smallest absolute Gasteiger partial charge is 0.266 e. The van der Waals surface area contributed by atoms with Gasteiger partial charge in [-0.05, 0) is 77.2 Å². The van der Waals surface area contributed by atoms with Crippen molar-refractivity contribution in [1.82, 2.24) is 0 Å². The summed E-state index contributed by atoms with van der Waals surface area (Å²) in [4.78, 5) is 12.6. The van der Waals surface area contributed by atoms with Gasteiger partial charge in [0.25, 0.3) is 5.91 Å². The van der Waals surface area contributed by atoms with Crippen LogP contribution in [0.15, 0.2) is 90.5 Å². The molecule has 0 aliphatic carbocycles. The minimum atomic E-state index is -0.442. The van der Waals surface area contributed by atoms with E-state index in [1.54, 1.807) is 6.08 Å². The Hall–Kier alpha value is -4.36. The van der Waals surface area contributed by atoms with Crippen molar-refractivity contribution in [1.29, 1.82) is 5.26 Å². The number of carbonyl (C=O) groups excluding carboxylic acids is 1. The van der Waals surface area contributed by atoms with Crippen molar-refractivity contribution in [2.75, 3.05) is 5.32 Å². The van der Waals surface area contributed by atoms with Crippen molar-refractivity contribution in [3.63, 3.8) is 0 Å². The first kappa shape index (κ1) is 21.9. The number of benzene rings is 4. The van der Waals surface area contributed by atoms with E-state index in [1.807, 2.05) is 80.6 Å². The number of carbonyl (C=O) groups is 1. The third-order valence-corrected chi connectivity index (χ3v) is 5.57. The SMILES string of the molecule is Cc1ccc(NC(=O)/C(C#N)=C\c2cccc(OCc3cccc4ccccc34)c2)cc1C. The Morgan fingerprint density at radius 1 is 0.939 bits per heavy atom. The molecule has 4 nitrogen and oxygen atoms in total. The number of hydrogen-bond donors (Lipinski definition) is 1. The van der Waals surface area contributed by atoms with Gasteiger partial charge >= 0.3 is 0 Å². The fraction of sp³-hybridized carbons (Fsp3) is 0.103. The van der Waals surface area contributed by atoms with Gasteiger partial charge in [-0.2, -0.15) is 5.26 Å². The molecule has 4 aromatic rings. The van der Waals surface area contributed by atoms with E-state index in [9.17, 15) is 10.1 Å². The van der Waals surface area contributed by atoms with E-state index in [1.165, 1.54) is 5.39 Å². The standard InChI is InChI=1S/C29H24N2O2/c1-20-13-14-26(15-21(20)2)31-29(32)25(18-30)16-22-7-5-11-27(17-22)33-19-24-10-6-9-23-8-3-4-12-28(23)24/h3-17H,19H2,1-2H3,(H,31,32)/b25-16-. The van der Waals surface area contributed by atoms with Crippen LogP contribution in [-0.2, 0) is 11.4 Å². The van der Waals surface area contributed by atoms with Gasteiger partial charge in [0.2, 0.25) is 0 Å². The van der Waals surface area contributed by atoms with Gasteiger partial charge in [-0.3, -0.25) is 4.79 Å². The van der Waals surface area contributed by atoms with Crippen LogP contribution in [0.5, 0.6) is 5.75 Å². The summed E-state index contributed by atoms with van der Waals surface area (Å²) in [5, 5.41) is 14.7. The van der Waals surface area contributed by atoms with Crippen LogP contribution in [0.1, 0.15) is 22.3 Å². The molecule has 4 rings (SSSR count). The lowest BCUT2D eigenvalue weighted by Crippen LogP contribution is -2.13. The molecule has 162 valence electrons. The van der Waals surface area contributed by atoms with Crippen molar-refractivity contribution in [2.45, 2.75) is 20.5 Å². The number of nitriles is 1. The van der Waals surface area contributed by atoms with Gasteiger partial charge in [0.05, 0.1) is 0 Å². The predicted octanol–water partition coefficient (Wildman–Crippen LogP) is 6.58. The normalized spacial score (nSPS) is 11.1. The van der Waals surface area contributed by atoms with Gasteiger partial charge in [0, 0.05) is 5.69 Å². The van der Waals surface area contributed by atoms with Gasteiger partial charge in [0.15, 0.2) is 0 Å². The summed E-state index contributed by atoms with van der Waals surface area (Å²) in [5.74, 6) is 0.228. The number of hydrogen-bond acceptors (Lipinski definition) is 3. The van der Waals surface area contributed by atoms with Crippen LogP contribution in [0.3, 0.4) is 0 Å². The van der Waals surface area contributed by atoms with Gasteiger partial charge in [-0.25, -0.2) is 0 Å². The van der Waals surface area contributed by atoms with Crippen molar-refractivity contribution < 1.29 is 9.53 Å². The summed E-state index contributed by atoms with van der Waals surface area (Å²) in [6.45, 7) is 4.42. The summed E-state index contributed by atoms with van der Waals surface area (Å²) >= 11 is 0. The average molecular weight is 433 g/mol. The topological polar surface area (TPSA) is 62.1 Å². The summed E-state index contributed by atoms with van der Waals surface area (Å²) in [6, 6.07) is 29.4. The number of aryl methyl sites for hydroxylation is 2. The zero-order valence-electron chi connectivity index (χ0n) is 18.6. The molecule has 1 amide bonds. The molecule has 33 heavy (non-hydrogen) atoms. The second-order valence-corrected chi connectivity index (χ2v) is 7.92. The molecule has 0 aromatic heterocycles. The minimum Gasteiger partial charge on any atom is -0.489 e. The first-order chi connectivity index (χ1) is 16.0. The van der Waals surface area contributed by atoms with E-state index in [0.717, 1.165) is 27.6 Å². The van der Waals surface area contributed by atoms with Crippen LogP contribution in [0.2, 0.25) is 0 Å². The molecule has 0 radical (unpaired) electrons. The fourth-order valence-electron chi connectivity index (χ4n) is 3.61. The highest BCUT2D eigenvalue weighted by atomic mass is 16.5. The highest BCUT2D eigenvalue weighted by molar-refractivity contribution is 6.09. The summed E-state index contributed by atoms with van der Waals surface area (Å²) < 4.78 is 6.02. The molecule has 1 N–H and O–H groups in total. The van der Waals surface area contributed by atoms with E-state index in [0.29, 0.717) is 18.0 Å². The van der Waals surface area contributed by atoms with Crippen LogP contribution in [0.4, 0.5) is 5.69 Å². The van der Waals surface area contributed by atoms with Crippen LogP contribution < -0.4 is 10.1 Å². The maximum Gasteiger partial charge on any atom is 0.266 e. The van der Waals surface area contributed by atoms with Gasteiger partial charge in [-0.15, -0.1) is 0 Å². The summed E-state index contributed by atoms with van der Waals surface area (Å²) in [6.07, 6.45) is 1.57. The zero-order valence-corrected chi connectivity index (χ0v) is 18.6. The molecular weight excluding hydrogens is 408 g/mol. The van der Waals surface area contributed by atoms with Crippen LogP contribution >= 0.6 is 0 Å². The van der Waals surface area contributed by atoms with E-state index >= 15 is 0 Å². The zero-order chi connectivity index (χ0) is 23.2. The lowest BCUT2D eigenvalue weighted by Gasteiger charge is -2.10. The second kappa shape index (κ2) is 9.84. The third-order valence-electron chi connectivity index (χ3n) is 5.57. The molecule has 0 fully saturated rings. The Morgan fingerprint density at radius 3 is 2.55 bits per heavy atom. The van der Waals surface area contributed by atoms with Crippen molar-refractivity contribution in [3.8, 4) is 11.8 Å². The van der Waals surface area contributed by atoms with Gasteiger partial charge in [0.1, 0.15) is 24.0 Å². The minimum absolute atomic E-state index is 0.0273. The van der Waals surface area contributed by atoms with E-state index in [2.05, 4.69) is 29.6 Å². The van der Waals surface area contributed by atoms with Crippen LogP contribution in [-0.4, -0.2) is 5.91 Å². The lowest BCUT2D eigenvalue weighted by molar-refractivity contribution is -0.112. The third kappa shape index (κ3) is 5.28. The molecule has 0 spiro atoms. The molecule has 4 heteroatoms. The monoisotopic (exact) mass is 432 g/mol. The number of ether oxygens (including phenoxy) is 1. The van der Waals surface area contributed by atoms with E-state index < -0.39 is 5.91 Å². The number of rotatable bonds is 6. The van der Waals surface area contributed by atoms with Crippen LogP contribution in [0, 0.1) is 25.2 Å². The summed E-state index contributed by atoms with van der Waals surface area (Å²) in [5.41, 5.74) is 4.73. The van der Waals surface area contributed by atoms with Crippen molar-refractivity contribution in [3.05, 3.63) is 113 Å². The maximum absolute atomic E-state index is 12.6. The first-order valence-corrected chi connectivity index (χ1v) is 10.7. The molecule has 0 heterocycles. The molecule has 0 aliphatic heterocycles. The Kier molecular flexibility index (Phi) is 6.52. The average Bonchev–Trinajstić information content (AvgIpc) is 2.83. The first-order valence-electron chi connectivity index (χ1n) is 10.7. The Morgan fingerprint density at radius 2 is 1.73 bits per heavy atom. The van der Waals surface area contributed by atoms with Gasteiger partial charge in [-0.1, -0.05) is 60.7 Å². The molecule has 0 aliphatic rings. The molecular formula is C29H24N2O2. The lowest BCUT2D eigenvalue weighted by atomic mass is 10.1. The Balaban J connectivity index is 1.49. The highest BCUT2D eigenvalue weighted by Gasteiger charge is 2.10. The predicted molar refractivity (Wildman–Crippen MR) is 133 cm³/mol. The van der Waals surface area contributed by atoms with Crippen LogP contribution in [0.25, 0.3) is 16.8 Å². The molecule has 0 unspecified atom stereocenters. The number of anilines is 1. The Bertz CT molecular complexity index is 1390. The molecule has 4 aromatic carbocycles.